The van der Waals surface area contributed by atoms with Gasteiger partial charge in [0, 0.05) is 18.3 Å². The van der Waals surface area contributed by atoms with Crippen molar-refractivity contribution in [2.75, 3.05) is 16.8 Å². The van der Waals surface area contributed by atoms with E-state index >= 15 is 0 Å². The van der Waals surface area contributed by atoms with Gasteiger partial charge in [0.25, 0.3) is 0 Å². The van der Waals surface area contributed by atoms with Gasteiger partial charge in [-0.05, 0) is 18.1 Å². The first-order chi connectivity index (χ1) is 7.20. The summed E-state index contributed by atoms with van der Waals surface area (Å²) >= 11 is 9.09. The van der Waals surface area contributed by atoms with Gasteiger partial charge in [0.05, 0.1) is 11.9 Å². The van der Waals surface area contributed by atoms with Gasteiger partial charge >= 0.3 is 0 Å². The number of halogens is 2. The molecule has 0 aliphatic carbocycles. The number of carbonyl (C=O) groups excluding carboxylic acids is 1. The maximum atomic E-state index is 11.7. The molecule has 1 atom stereocenters. The molecule has 0 bridgehead atoms. The number of amides is 1. The molecule has 0 N–H and O–H groups in total. The van der Waals surface area contributed by atoms with Crippen molar-refractivity contribution in [3.8, 4) is 0 Å². The molecule has 1 amide bonds. The van der Waals surface area contributed by atoms with Crippen LogP contribution in [0.25, 0.3) is 0 Å². The Hall–Kier alpha value is -0.610. The normalized spacial score (nSPS) is 21.1. The predicted octanol–water partition coefficient (Wildman–Crippen LogP) is 2.48. The van der Waals surface area contributed by atoms with Gasteiger partial charge in [-0.1, -0.05) is 27.5 Å². The van der Waals surface area contributed by atoms with Crippen molar-refractivity contribution in [3.05, 3.63) is 23.5 Å². The van der Waals surface area contributed by atoms with Crippen LogP contribution in [0.3, 0.4) is 0 Å². The largest absolute Gasteiger partial charge is 0.311 e. The van der Waals surface area contributed by atoms with Crippen LogP contribution in [0, 0.1) is 5.92 Å². The number of pyridine rings is 1. The first-order valence-electron chi connectivity index (χ1n) is 4.68. The van der Waals surface area contributed by atoms with Gasteiger partial charge in [-0.15, -0.1) is 0 Å². The zero-order valence-electron chi connectivity index (χ0n) is 7.99. The molecule has 0 aromatic carbocycles. The summed E-state index contributed by atoms with van der Waals surface area (Å²) in [5.41, 5.74) is 0.827. The Labute approximate surface area is 102 Å². The average molecular weight is 290 g/mol. The number of rotatable bonds is 2. The molecular weight excluding hydrogens is 279 g/mol. The van der Waals surface area contributed by atoms with Crippen LogP contribution in [0.1, 0.15) is 6.42 Å². The Morgan fingerprint density at radius 1 is 1.60 bits per heavy atom. The van der Waals surface area contributed by atoms with Gasteiger partial charge in [0.15, 0.2) is 0 Å². The third kappa shape index (κ3) is 2.32. The quantitative estimate of drug-likeness (QED) is 0.619. The van der Waals surface area contributed by atoms with Crippen LogP contribution >= 0.6 is 27.5 Å². The number of hydrogen-bond acceptors (Lipinski definition) is 2. The van der Waals surface area contributed by atoms with Gasteiger partial charge in [-0.2, -0.15) is 0 Å². The van der Waals surface area contributed by atoms with E-state index in [1.165, 1.54) is 0 Å². The van der Waals surface area contributed by atoms with Crippen molar-refractivity contribution in [2.24, 2.45) is 5.92 Å². The summed E-state index contributed by atoms with van der Waals surface area (Å²) in [6.45, 7) is 0.757. The molecule has 0 saturated carbocycles. The molecule has 1 aliphatic rings. The highest BCUT2D eigenvalue weighted by molar-refractivity contribution is 9.09. The molecule has 1 saturated heterocycles. The Morgan fingerprint density at radius 3 is 2.93 bits per heavy atom. The smallest absolute Gasteiger partial charge is 0.227 e. The molecule has 2 heterocycles. The lowest BCUT2D eigenvalue weighted by Crippen LogP contribution is -2.24. The molecule has 0 spiro atoms. The van der Waals surface area contributed by atoms with Gasteiger partial charge < -0.3 is 4.90 Å². The van der Waals surface area contributed by atoms with Crippen LogP contribution in [0.2, 0.25) is 5.15 Å². The number of carbonyl (C=O) groups is 1. The fourth-order valence-corrected chi connectivity index (χ4v) is 2.21. The molecular formula is C10H10BrClN2O. The minimum Gasteiger partial charge on any atom is -0.311 e. The molecule has 1 aromatic rings. The molecule has 2 rings (SSSR count). The highest BCUT2D eigenvalue weighted by Crippen LogP contribution is 2.25. The Balaban J connectivity index is 2.18. The van der Waals surface area contributed by atoms with Crippen molar-refractivity contribution in [2.45, 2.75) is 6.42 Å². The Bertz CT molecular complexity index is 368. The van der Waals surface area contributed by atoms with Crippen LogP contribution in [0.4, 0.5) is 5.69 Å². The topological polar surface area (TPSA) is 33.2 Å². The summed E-state index contributed by atoms with van der Waals surface area (Å²) in [4.78, 5) is 17.4. The Kier molecular flexibility index (Phi) is 3.26. The van der Waals surface area contributed by atoms with E-state index < -0.39 is 0 Å². The number of alkyl halides is 1. The van der Waals surface area contributed by atoms with E-state index in [0.717, 1.165) is 17.6 Å². The maximum absolute atomic E-state index is 11.7. The lowest BCUT2D eigenvalue weighted by Gasteiger charge is -2.15. The summed E-state index contributed by atoms with van der Waals surface area (Å²) in [5, 5.41) is 1.30. The molecule has 3 nitrogen and oxygen atoms in total. The zero-order valence-corrected chi connectivity index (χ0v) is 10.3. The Morgan fingerprint density at radius 2 is 2.40 bits per heavy atom. The lowest BCUT2D eigenvalue weighted by atomic mass is 10.2. The molecule has 1 fully saturated rings. The van der Waals surface area contributed by atoms with Crippen molar-refractivity contribution < 1.29 is 4.79 Å². The van der Waals surface area contributed by atoms with E-state index in [9.17, 15) is 4.79 Å². The average Bonchev–Trinajstić information content (AvgIpc) is 2.61. The van der Waals surface area contributed by atoms with Crippen LogP contribution in [-0.2, 0) is 4.79 Å². The fourth-order valence-electron chi connectivity index (χ4n) is 1.66. The van der Waals surface area contributed by atoms with Crippen LogP contribution in [0.15, 0.2) is 18.3 Å². The standard InChI is InChI=1S/C10H10BrClN2O/c11-4-7-3-10(15)14(6-7)8-1-2-9(12)13-5-8/h1-2,5,7H,3-4,6H2. The second kappa shape index (κ2) is 4.49. The van der Waals surface area contributed by atoms with Gasteiger partial charge in [-0.3, -0.25) is 4.79 Å². The molecule has 1 unspecified atom stereocenters. The van der Waals surface area contributed by atoms with E-state index in [4.69, 9.17) is 11.6 Å². The second-order valence-corrected chi connectivity index (χ2v) is 4.60. The summed E-state index contributed by atoms with van der Waals surface area (Å²) in [7, 11) is 0. The maximum Gasteiger partial charge on any atom is 0.227 e. The van der Waals surface area contributed by atoms with Crippen LogP contribution < -0.4 is 4.90 Å². The van der Waals surface area contributed by atoms with Crippen molar-refractivity contribution in [3.63, 3.8) is 0 Å². The number of hydrogen-bond donors (Lipinski definition) is 0. The van der Waals surface area contributed by atoms with Crippen molar-refractivity contribution in [1.82, 2.24) is 4.98 Å². The zero-order chi connectivity index (χ0) is 10.8. The highest BCUT2D eigenvalue weighted by atomic mass is 79.9. The minimum absolute atomic E-state index is 0.156. The number of nitrogens with zero attached hydrogens (tertiary/aromatic N) is 2. The highest BCUT2D eigenvalue weighted by Gasteiger charge is 2.29. The van der Waals surface area contributed by atoms with Gasteiger partial charge in [0.1, 0.15) is 5.15 Å². The van der Waals surface area contributed by atoms with E-state index in [2.05, 4.69) is 20.9 Å². The van der Waals surface area contributed by atoms with Gasteiger partial charge in [-0.25, -0.2) is 4.98 Å². The second-order valence-electron chi connectivity index (χ2n) is 3.57. The summed E-state index contributed by atoms with van der Waals surface area (Å²) in [5.74, 6) is 0.553. The third-order valence-electron chi connectivity index (χ3n) is 2.45. The van der Waals surface area contributed by atoms with Crippen molar-refractivity contribution in [1.29, 1.82) is 0 Å². The molecule has 15 heavy (non-hydrogen) atoms. The minimum atomic E-state index is 0.156. The summed E-state index contributed by atoms with van der Waals surface area (Å²) in [6.07, 6.45) is 2.24. The SMILES string of the molecule is O=C1CC(CBr)CN1c1ccc(Cl)nc1. The van der Waals surface area contributed by atoms with E-state index in [0.29, 0.717) is 17.5 Å². The van der Waals surface area contributed by atoms with Crippen LogP contribution in [-0.4, -0.2) is 22.8 Å². The molecule has 1 aromatic heterocycles. The summed E-state index contributed by atoms with van der Waals surface area (Å²) in [6, 6.07) is 3.52. The molecule has 1 aliphatic heterocycles. The fraction of sp³-hybridized carbons (Fsp3) is 0.400. The van der Waals surface area contributed by atoms with E-state index in [1.54, 1.807) is 17.2 Å². The van der Waals surface area contributed by atoms with E-state index in [-0.39, 0.29) is 5.91 Å². The number of anilines is 1. The first kappa shape index (κ1) is 10.9. The molecule has 0 radical (unpaired) electrons. The van der Waals surface area contributed by atoms with Crippen LogP contribution in [0.5, 0.6) is 0 Å². The molecule has 80 valence electrons. The van der Waals surface area contributed by atoms with Crippen molar-refractivity contribution >= 4 is 39.1 Å². The number of aromatic nitrogens is 1. The molecule has 5 heteroatoms. The monoisotopic (exact) mass is 288 g/mol. The van der Waals surface area contributed by atoms with E-state index in [1.807, 2.05) is 6.07 Å². The van der Waals surface area contributed by atoms with Gasteiger partial charge in [0.2, 0.25) is 5.91 Å². The first-order valence-corrected chi connectivity index (χ1v) is 6.18. The lowest BCUT2D eigenvalue weighted by molar-refractivity contribution is -0.117. The predicted molar refractivity (Wildman–Crippen MR) is 63.5 cm³/mol. The summed E-state index contributed by atoms with van der Waals surface area (Å²) < 4.78 is 0. The third-order valence-corrected chi connectivity index (χ3v) is 3.59.